The molecule has 3 aromatic rings. The molecule has 0 spiro atoms. The van der Waals surface area contributed by atoms with E-state index in [1.165, 1.54) is 24.5 Å². The number of halogens is 3. The van der Waals surface area contributed by atoms with Crippen molar-refractivity contribution in [1.29, 1.82) is 0 Å². The molecule has 2 aromatic carbocycles. The quantitative estimate of drug-likeness (QED) is 0.0650. The highest BCUT2D eigenvalue weighted by Gasteiger charge is 2.42. The Labute approximate surface area is 297 Å². The molecule has 2 aliphatic heterocycles. The lowest BCUT2D eigenvalue weighted by molar-refractivity contribution is -0.153. The van der Waals surface area contributed by atoms with Crippen LogP contribution in [0.3, 0.4) is 0 Å². The van der Waals surface area contributed by atoms with Gasteiger partial charge >= 0.3 is 30.9 Å². The molecule has 0 radical (unpaired) electrons. The lowest BCUT2D eigenvalue weighted by Crippen LogP contribution is -2.60. The number of carboxylic acid groups (broad SMARTS) is 1. The first-order chi connectivity index (χ1) is 24.7. The van der Waals surface area contributed by atoms with Gasteiger partial charge in [-0.1, -0.05) is 17.7 Å². The van der Waals surface area contributed by atoms with Crippen molar-refractivity contribution in [3.8, 4) is 17.2 Å². The zero-order chi connectivity index (χ0) is 37.9. The number of urea groups is 1. The largest absolute Gasteiger partial charge is 0.547 e. The summed E-state index contributed by atoms with van der Waals surface area (Å²) in [6.45, 7) is -0.294. The molecule has 21 heteroatoms. The van der Waals surface area contributed by atoms with Crippen LogP contribution in [0.2, 0.25) is 5.02 Å². The number of benzene rings is 2. The van der Waals surface area contributed by atoms with E-state index in [4.69, 9.17) is 16.3 Å². The summed E-state index contributed by atoms with van der Waals surface area (Å²) >= 11 is 6.12. The molecule has 2 aliphatic rings. The summed E-state index contributed by atoms with van der Waals surface area (Å²) in [6, 6.07) is 2.17. The number of piperazine rings is 1. The number of aromatic hydroxyl groups is 2. The molecular weight excluding hydrogens is 717 g/mol. The second-order valence-corrected chi connectivity index (χ2v) is 11.9. The summed E-state index contributed by atoms with van der Waals surface area (Å²) in [5.41, 5.74) is -1.03. The van der Waals surface area contributed by atoms with Crippen LogP contribution in [0.5, 0.6) is 17.2 Å². The van der Waals surface area contributed by atoms with Gasteiger partial charge in [-0.05, 0) is 42.7 Å². The number of phenols is 2. The Kier molecular flexibility index (Phi) is 11.1. The van der Waals surface area contributed by atoms with Gasteiger partial charge in [-0.25, -0.2) is 18.4 Å². The number of nitrogens with one attached hydrogen (secondary N) is 3. The molecule has 17 nitrogen and oxygen atoms in total. The fraction of sp³-hybridized carbons (Fsp3) is 0.258. The van der Waals surface area contributed by atoms with Crippen molar-refractivity contribution in [2.45, 2.75) is 24.8 Å². The van der Waals surface area contributed by atoms with Crippen molar-refractivity contribution in [3.05, 3.63) is 81.6 Å². The molecule has 2 atom stereocenters. The Hall–Kier alpha value is -6.02. The number of carbonyl (C=O) groups excluding carboxylic acids is 5. The third-order valence-electron chi connectivity index (χ3n) is 8.17. The molecule has 52 heavy (non-hydrogen) atoms. The van der Waals surface area contributed by atoms with E-state index in [0.29, 0.717) is 16.5 Å². The van der Waals surface area contributed by atoms with Crippen LogP contribution < -0.4 is 20.6 Å². The van der Waals surface area contributed by atoms with Crippen LogP contribution in [0.25, 0.3) is 0 Å². The second kappa shape index (κ2) is 15.5. The zero-order valence-corrected chi connectivity index (χ0v) is 27.4. The number of phenolic OH excluding ortho intramolecular Hbond substituents is 2. The first-order valence-corrected chi connectivity index (χ1v) is 15.8. The van der Waals surface area contributed by atoms with Crippen molar-refractivity contribution in [2.75, 3.05) is 26.2 Å². The maximum atomic E-state index is 14.6. The summed E-state index contributed by atoms with van der Waals surface area (Å²) in [4.78, 5) is 82.2. The van der Waals surface area contributed by atoms with E-state index in [-0.39, 0.29) is 50.5 Å². The minimum Gasteiger partial charge on any atom is -0.534 e. The number of nitrogens with zero attached hydrogens (tertiary/aromatic N) is 3. The molecule has 0 bridgehead atoms. The summed E-state index contributed by atoms with van der Waals surface area (Å²) in [5, 5.41) is 46.4. The molecule has 1 saturated heterocycles. The van der Waals surface area contributed by atoms with E-state index in [1.807, 2.05) is 0 Å². The Morgan fingerprint density at radius 3 is 2.44 bits per heavy atom. The molecule has 0 unspecified atom stereocenters. The van der Waals surface area contributed by atoms with Gasteiger partial charge in [0.05, 0.1) is 11.0 Å². The zero-order valence-electron chi connectivity index (χ0n) is 26.6. The monoisotopic (exact) mass is 744 g/mol. The molecule has 6 amide bonds. The van der Waals surface area contributed by atoms with Gasteiger partial charge in [0, 0.05) is 49.7 Å². The van der Waals surface area contributed by atoms with Gasteiger partial charge in [0.1, 0.15) is 23.2 Å². The Morgan fingerprint density at radius 2 is 1.75 bits per heavy atom. The number of aromatic carboxylic acids is 1. The van der Waals surface area contributed by atoms with Crippen LogP contribution >= 0.6 is 11.6 Å². The number of hydrogen-bond acceptors (Lipinski definition) is 11. The van der Waals surface area contributed by atoms with E-state index < -0.39 is 93.9 Å². The van der Waals surface area contributed by atoms with E-state index >= 15 is 0 Å². The van der Waals surface area contributed by atoms with Crippen molar-refractivity contribution < 1.29 is 62.5 Å². The molecule has 0 saturated carbocycles. The Morgan fingerprint density at radius 1 is 1.04 bits per heavy atom. The molecule has 0 aliphatic carbocycles. The number of imide groups is 1. The summed E-state index contributed by atoms with van der Waals surface area (Å²) in [6.07, 6.45) is 2.83. The topological polar surface area (TPSA) is 248 Å². The highest BCUT2D eigenvalue weighted by molar-refractivity contribution is 6.47. The van der Waals surface area contributed by atoms with Crippen LogP contribution in [-0.2, 0) is 20.8 Å². The number of fused-ring (bicyclic) bond motifs is 1. The molecule has 1 fully saturated rings. The first kappa shape index (κ1) is 37.2. The van der Waals surface area contributed by atoms with Crippen molar-refractivity contribution >= 4 is 54.3 Å². The number of rotatable bonds is 10. The van der Waals surface area contributed by atoms with E-state index in [0.717, 1.165) is 17.0 Å². The van der Waals surface area contributed by atoms with Gasteiger partial charge in [0.2, 0.25) is 5.91 Å². The van der Waals surface area contributed by atoms with Gasteiger partial charge in [-0.3, -0.25) is 29.1 Å². The summed E-state index contributed by atoms with van der Waals surface area (Å²) in [7, 11) is -1.97. The smallest absolute Gasteiger partial charge is 0.534 e. The normalized spacial score (nSPS) is 16.1. The van der Waals surface area contributed by atoms with Gasteiger partial charge < -0.3 is 45.8 Å². The van der Waals surface area contributed by atoms with Gasteiger partial charge in [0.15, 0.2) is 17.3 Å². The van der Waals surface area contributed by atoms with E-state index in [1.54, 1.807) is 0 Å². The number of amides is 6. The van der Waals surface area contributed by atoms with Crippen LogP contribution in [0.1, 0.15) is 44.3 Å². The maximum absolute atomic E-state index is 14.6. The van der Waals surface area contributed by atoms with Crippen LogP contribution in [0.15, 0.2) is 42.7 Å². The lowest BCUT2D eigenvalue weighted by Gasteiger charge is -2.34. The van der Waals surface area contributed by atoms with Gasteiger partial charge in [-0.15, -0.1) is 0 Å². The highest BCUT2D eigenvalue weighted by Crippen LogP contribution is 2.40. The van der Waals surface area contributed by atoms with E-state index in [2.05, 4.69) is 20.9 Å². The fourth-order valence-electron chi connectivity index (χ4n) is 5.50. The lowest BCUT2D eigenvalue weighted by atomic mass is 9.72. The molecule has 1 aromatic heterocycles. The number of pyridine rings is 1. The number of aromatic nitrogens is 1. The van der Waals surface area contributed by atoms with Gasteiger partial charge in [0.25, 0.3) is 5.91 Å². The minimum atomic E-state index is -2.05. The number of carboxylic acids is 1. The van der Waals surface area contributed by atoms with Crippen LogP contribution in [-0.4, -0.2) is 110 Å². The summed E-state index contributed by atoms with van der Waals surface area (Å²) < 4.78 is 34.0. The average molecular weight is 745 g/mol. The second-order valence-electron chi connectivity index (χ2n) is 11.5. The fourth-order valence-corrected chi connectivity index (χ4v) is 5.76. The molecular formula is C31H28BClF2N6O11. The summed E-state index contributed by atoms with van der Waals surface area (Å²) in [5.74, 6) is -12.6. The molecule has 3 heterocycles. The van der Waals surface area contributed by atoms with Crippen molar-refractivity contribution in [2.24, 2.45) is 0 Å². The van der Waals surface area contributed by atoms with Crippen molar-refractivity contribution in [3.63, 3.8) is 0 Å². The SMILES string of the molecule is O=C(NCCCN1CCN(C(=O)N[C@@H](C(=O)N[C@H]2Cc3ccc(F)c(C(=O)O)c3OB2O)c2cc(F)c(O)c(O)c2Cl)C(=O)C1=O)c1ccncc1. The Balaban J connectivity index is 1.29. The first-order valence-electron chi connectivity index (χ1n) is 15.4. The maximum Gasteiger partial charge on any atom is 0.547 e. The average Bonchev–Trinajstić information content (AvgIpc) is 3.11. The highest BCUT2D eigenvalue weighted by atomic mass is 35.5. The molecule has 7 N–H and O–H groups in total. The third-order valence-corrected chi connectivity index (χ3v) is 8.57. The number of hydrogen-bond donors (Lipinski definition) is 7. The predicted molar refractivity (Wildman–Crippen MR) is 173 cm³/mol. The van der Waals surface area contributed by atoms with Crippen LogP contribution in [0, 0.1) is 11.6 Å². The Bertz CT molecular complexity index is 1960. The standard InChI is InChI=1S/C31H28BClF2N6O11/c33-21-16(13-18(35)23(42)24(21)43)22(27(45)38-19-12-15-2-3-17(34)20(30(48)49)25(15)52-32(19)51)39-31(50)41-11-10-40(28(46)29(41)47)9-1-6-37-26(44)14-4-7-36-8-5-14/h2-5,7-8,13,19,22,42-43,51H,1,6,9-12H2,(H,37,44)(H,38,45)(H,39,50)(H,48,49)/t19-,22+/m0/s1. The van der Waals surface area contributed by atoms with Crippen molar-refractivity contribution in [1.82, 2.24) is 30.7 Å². The minimum absolute atomic E-state index is 0.0405. The predicted octanol–water partition coefficient (Wildman–Crippen LogP) is 0.504. The molecule has 272 valence electrons. The molecule has 5 rings (SSSR count). The van der Waals surface area contributed by atoms with E-state index in [9.17, 15) is 57.9 Å². The van der Waals surface area contributed by atoms with Gasteiger partial charge in [-0.2, -0.15) is 0 Å². The number of carbonyl (C=O) groups is 6. The third kappa shape index (κ3) is 7.66. The van der Waals surface area contributed by atoms with Crippen LogP contribution in [0.4, 0.5) is 13.6 Å².